The summed E-state index contributed by atoms with van der Waals surface area (Å²) in [6, 6.07) is 0. The van der Waals surface area contributed by atoms with Crippen LogP contribution in [-0.4, -0.2) is 16.9 Å². The Kier molecular flexibility index (Phi) is 8.60. The standard InChI is InChI=1S/C30H53FO/c1-20-15-24-13-14-25(28(32)22(3)23-11-9-8-10-12-23)18-26(24)19-29(4,5)27(16-20)17-21(2)30(6,7)31/h20-21,23-28,32H,3,8-19H2,1-2,4-7H3. The van der Waals surface area contributed by atoms with E-state index < -0.39 is 5.67 Å². The summed E-state index contributed by atoms with van der Waals surface area (Å²) in [5.74, 6) is 3.79. The van der Waals surface area contributed by atoms with Crippen LogP contribution in [0.4, 0.5) is 4.39 Å². The second kappa shape index (κ2) is 10.5. The first-order chi connectivity index (χ1) is 14.9. The first-order valence-corrected chi connectivity index (χ1v) is 13.9. The van der Waals surface area contributed by atoms with Crippen LogP contribution in [0.2, 0.25) is 0 Å². The third-order valence-electron chi connectivity index (χ3n) is 10.2. The van der Waals surface area contributed by atoms with E-state index >= 15 is 0 Å². The normalized spacial score (nSPS) is 36.4. The molecule has 3 aliphatic carbocycles. The highest BCUT2D eigenvalue weighted by atomic mass is 19.1. The maximum Gasteiger partial charge on any atom is 0.108 e. The number of aliphatic hydroxyl groups excluding tert-OH is 1. The number of aliphatic hydroxyl groups is 1. The predicted octanol–water partition coefficient (Wildman–Crippen LogP) is 8.75. The average molecular weight is 449 g/mol. The highest BCUT2D eigenvalue weighted by molar-refractivity contribution is 5.10. The summed E-state index contributed by atoms with van der Waals surface area (Å²) in [5, 5.41) is 11.3. The molecule has 0 bridgehead atoms. The molecule has 3 fully saturated rings. The van der Waals surface area contributed by atoms with Gasteiger partial charge in [0.15, 0.2) is 0 Å². The van der Waals surface area contributed by atoms with Gasteiger partial charge in [0.05, 0.1) is 6.10 Å². The van der Waals surface area contributed by atoms with E-state index in [-0.39, 0.29) is 17.4 Å². The van der Waals surface area contributed by atoms with Gasteiger partial charge in [0.1, 0.15) is 5.67 Å². The van der Waals surface area contributed by atoms with Crippen LogP contribution in [0, 0.1) is 46.8 Å². The highest BCUT2D eigenvalue weighted by Gasteiger charge is 2.44. The Morgan fingerprint density at radius 1 is 1.03 bits per heavy atom. The molecule has 0 radical (unpaired) electrons. The molecule has 1 N–H and O–H groups in total. The Morgan fingerprint density at radius 2 is 1.69 bits per heavy atom. The maximum absolute atomic E-state index is 14.7. The molecule has 0 aromatic carbocycles. The highest BCUT2D eigenvalue weighted by Crippen LogP contribution is 2.52. The molecule has 0 amide bonds. The zero-order chi connectivity index (χ0) is 23.7. The van der Waals surface area contributed by atoms with Crippen molar-refractivity contribution in [1.82, 2.24) is 0 Å². The van der Waals surface area contributed by atoms with E-state index in [1.54, 1.807) is 13.8 Å². The molecule has 0 aromatic heterocycles. The van der Waals surface area contributed by atoms with Crippen LogP contribution in [0.5, 0.6) is 0 Å². The summed E-state index contributed by atoms with van der Waals surface area (Å²) in [4.78, 5) is 0. The van der Waals surface area contributed by atoms with E-state index in [0.717, 1.165) is 30.8 Å². The predicted molar refractivity (Wildman–Crippen MR) is 135 cm³/mol. The summed E-state index contributed by atoms with van der Waals surface area (Å²) < 4.78 is 14.7. The molecule has 0 spiro atoms. The van der Waals surface area contributed by atoms with Gasteiger partial charge in [-0.15, -0.1) is 0 Å². The molecule has 0 saturated heterocycles. The van der Waals surface area contributed by atoms with Crippen molar-refractivity contribution < 1.29 is 9.50 Å². The van der Waals surface area contributed by atoms with E-state index in [1.165, 1.54) is 57.8 Å². The van der Waals surface area contributed by atoms with Crippen LogP contribution in [-0.2, 0) is 0 Å². The first-order valence-electron chi connectivity index (χ1n) is 13.9. The van der Waals surface area contributed by atoms with Crippen LogP contribution < -0.4 is 0 Å². The Bertz CT molecular complexity index is 611. The number of alkyl halides is 1. The lowest BCUT2D eigenvalue weighted by Crippen LogP contribution is -2.41. The zero-order valence-electron chi connectivity index (χ0n) is 22.1. The molecule has 7 unspecified atom stereocenters. The molecule has 1 nitrogen and oxygen atoms in total. The Hall–Kier alpha value is -0.370. The molecule has 7 atom stereocenters. The molecule has 3 rings (SSSR count). The minimum atomic E-state index is -1.11. The van der Waals surface area contributed by atoms with E-state index in [0.29, 0.717) is 29.6 Å². The lowest BCUT2D eigenvalue weighted by Gasteiger charge is -2.49. The van der Waals surface area contributed by atoms with Gasteiger partial charge in [-0.1, -0.05) is 53.5 Å². The summed E-state index contributed by atoms with van der Waals surface area (Å²) in [5.41, 5.74) is 0.261. The molecule has 3 aliphatic rings. The fourth-order valence-corrected chi connectivity index (χ4v) is 7.61. The van der Waals surface area contributed by atoms with Crippen molar-refractivity contribution in [3.8, 4) is 0 Å². The molecule has 0 heterocycles. The van der Waals surface area contributed by atoms with E-state index in [9.17, 15) is 9.50 Å². The number of hydrogen-bond donors (Lipinski definition) is 1. The zero-order valence-corrected chi connectivity index (χ0v) is 22.1. The van der Waals surface area contributed by atoms with Crippen molar-refractivity contribution in [3.05, 3.63) is 12.2 Å². The van der Waals surface area contributed by atoms with Gasteiger partial charge in [-0.05, 0) is 124 Å². The maximum atomic E-state index is 14.7. The number of halogens is 1. The second-order valence-electron chi connectivity index (χ2n) is 13.6. The van der Waals surface area contributed by atoms with Gasteiger partial charge in [-0.2, -0.15) is 0 Å². The van der Waals surface area contributed by atoms with Gasteiger partial charge >= 0.3 is 0 Å². The molecule has 0 aromatic rings. The third-order valence-corrected chi connectivity index (χ3v) is 10.2. The molecule has 0 aliphatic heterocycles. The molecule has 2 heteroatoms. The van der Waals surface area contributed by atoms with Gasteiger partial charge < -0.3 is 5.11 Å². The van der Waals surface area contributed by atoms with Crippen LogP contribution in [0.25, 0.3) is 0 Å². The van der Waals surface area contributed by atoms with Crippen molar-refractivity contribution in [1.29, 1.82) is 0 Å². The van der Waals surface area contributed by atoms with E-state index in [4.69, 9.17) is 0 Å². The number of hydrogen-bond acceptors (Lipinski definition) is 1. The minimum Gasteiger partial charge on any atom is -0.388 e. The quantitative estimate of drug-likeness (QED) is 0.403. The minimum absolute atomic E-state index is 0.0916. The summed E-state index contributed by atoms with van der Waals surface area (Å²) in [7, 11) is 0. The van der Waals surface area contributed by atoms with Crippen LogP contribution >= 0.6 is 0 Å². The van der Waals surface area contributed by atoms with Gasteiger partial charge in [-0.25, -0.2) is 4.39 Å². The smallest absolute Gasteiger partial charge is 0.108 e. The van der Waals surface area contributed by atoms with Gasteiger partial charge in [0, 0.05) is 0 Å². The SMILES string of the molecule is C=C(C1CCCCC1)C(O)C1CCC2CC(C)CC(CC(C)C(C)(C)F)C(C)(C)CC2C1. The van der Waals surface area contributed by atoms with E-state index in [1.807, 2.05) is 0 Å². The average Bonchev–Trinajstić information content (AvgIpc) is 2.72. The summed E-state index contributed by atoms with van der Waals surface area (Å²) in [6.07, 6.45) is 14.4. The van der Waals surface area contributed by atoms with Gasteiger partial charge in [0.2, 0.25) is 0 Å². The monoisotopic (exact) mass is 448 g/mol. The first kappa shape index (κ1) is 26.2. The molecular formula is C30H53FO. The largest absolute Gasteiger partial charge is 0.388 e. The Morgan fingerprint density at radius 3 is 2.31 bits per heavy atom. The molecular weight excluding hydrogens is 395 g/mol. The van der Waals surface area contributed by atoms with E-state index in [2.05, 4.69) is 34.3 Å². The fourth-order valence-electron chi connectivity index (χ4n) is 7.61. The van der Waals surface area contributed by atoms with Crippen molar-refractivity contribution in [2.45, 2.75) is 130 Å². The van der Waals surface area contributed by atoms with Crippen molar-refractivity contribution in [2.75, 3.05) is 0 Å². The Balaban J connectivity index is 1.69. The lowest BCUT2D eigenvalue weighted by molar-refractivity contribution is -0.00262. The van der Waals surface area contributed by atoms with Crippen LogP contribution in [0.3, 0.4) is 0 Å². The third kappa shape index (κ3) is 6.39. The van der Waals surface area contributed by atoms with Gasteiger partial charge in [0.25, 0.3) is 0 Å². The fraction of sp³-hybridized carbons (Fsp3) is 0.933. The summed E-state index contributed by atoms with van der Waals surface area (Å²) in [6.45, 7) is 17.3. The molecule has 186 valence electrons. The number of fused-ring (bicyclic) bond motifs is 1. The van der Waals surface area contributed by atoms with Gasteiger partial charge in [-0.3, -0.25) is 0 Å². The second-order valence-corrected chi connectivity index (χ2v) is 13.6. The van der Waals surface area contributed by atoms with Crippen LogP contribution in [0.1, 0.15) is 119 Å². The van der Waals surface area contributed by atoms with Crippen molar-refractivity contribution in [3.63, 3.8) is 0 Å². The number of rotatable bonds is 6. The van der Waals surface area contributed by atoms with Crippen LogP contribution in [0.15, 0.2) is 12.2 Å². The lowest BCUT2D eigenvalue weighted by atomic mass is 9.57. The molecule has 3 saturated carbocycles. The Labute approximate surface area is 199 Å². The van der Waals surface area contributed by atoms with Crippen molar-refractivity contribution >= 4 is 0 Å². The topological polar surface area (TPSA) is 20.2 Å². The molecule has 32 heavy (non-hydrogen) atoms. The summed E-state index contributed by atoms with van der Waals surface area (Å²) >= 11 is 0. The van der Waals surface area contributed by atoms with Crippen molar-refractivity contribution in [2.24, 2.45) is 46.8 Å².